The van der Waals surface area contributed by atoms with Crippen molar-refractivity contribution in [1.29, 1.82) is 0 Å². The van der Waals surface area contributed by atoms with Gasteiger partial charge in [0.2, 0.25) is 5.91 Å². The summed E-state index contributed by atoms with van der Waals surface area (Å²) in [7, 11) is 0. The Hall–Kier alpha value is -3.32. The lowest BCUT2D eigenvalue weighted by Gasteiger charge is -2.30. The van der Waals surface area contributed by atoms with Crippen LogP contribution in [0.25, 0.3) is 10.9 Å². The number of hydrogen-bond donors (Lipinski definition) is 2. The summed E-state index contributed by atoms with van der Waals surface area (Å²) in [5.74, 6) is -0.897. The van der Waals surface area contributed by atoms with E-state index in [9.17, 15) is 14.0 Å². The van der Waals surface area contributed by atoms with Crippen LogP contribution in [-0.2, 0) is 11.3 Å². The molecule has 0 atom stereocenters. The van der Waals surface area contributed by atoms with Gasteiger partial charge in [-0.05, 0) is 68.8 Å². The van der Waals surface area contributed by atoms with E-state index in [1.165, 1.54) is 12.1 Å². The maximum absolute atomic E-state index is 13.6. The highest BCUT2D eigenvalue weighted by Crippen LogP contribution is 2.23. The van der Waals surface area contributed by atoms with Crippen LogP contribution in [0.2, 0.25) is 0 Å². The minimum Gasteiger partial charge on any atom is -0.369 e. The molecule has 160 valence electrons. The second-order valence-electron chi connectivity index (χ2n) is 8.08. The molecule has 1 aliphatic rings. The van der Waals surface area contributed by atoms with Crippen molar-refractivity contribution < 1.29 is 14.0 Å². The molecule has 3 aromatic rings. The molecule has 2 aromatic carbocycles. The summed E-state index contributed by atoms with van der Waals surface area (Å²) < 4.78 is 13.6. The van der Waals surface area contributed by atoms with Gasteiger partial charge in [0.1, 0.15) is 5.82 Å². The molecule has 1 aromatic heterocycles. The maximum Gasteiger partial charge on any atom is 0.256 e. The van der Waals surface area contributed by atoms with Crippen LogP contribution in [-0.4, -0.2) is 34.8 Å². The van der Waals surface area contributed by atoms with E-state index in [4.69, 9.17) is 5.73 Å². The zero-order chi connectivity index (χ0) is 22.0. The number of anilines is 1. The van der Waals surface area contributed by atoms with Gasteiger partial charge in [-0.25, -0.2) is 4.39 Å². The third-order valence-electron chi connectivity index (χ3n) is 5.73. The number of nitrogens with one attached hydrogen (secondary N) is 1. The van der Waals surface area contributed by atoms with Gasteiger partial charge in [-0.2, -0.15) is 0 Å². The normalized spacial score (nSPS) is 15.2. The first kappa shape index (κ1) is 20.9. The highest BCUT2D eigenvalue weighted by atomic mass is 19.1. The minimum absolute atomic E-state index is 0.0333. The fraction of sp³-hybridized carbons (Fsp3) is 0.292. The lowest BCUT2D eigenvalue weighted by Crippen LogP contribution is -2.38. The van der Waals surface area contributed by atoms with Crippen molar-refractivity contribution >= 4 is 28.4 Å². The fourth-order valence-corrected chi connectivity index (χ4v) is 4.10. The van der Waals surface area contributed by atoms with Crippen molar-refractivity contribution in [3.63, 3.8) is 0 Å². The summed E-state index contributed by atoms with van der Waals surface area (Å²) in [6, 6.07) is 13.7. The average Bonchev–Trinajstić information content (AvgIpc) is 2.73. The van der Waals surface area contributed by atoms with E-state index < -0.39 is 0 Å². The van der Waals surface area contributed by atoms with E-state index in [0.29, 0.717) is 27.8 Å². The number of primary amides is 1. The van der Waals surface area contributed by atoms with Crippen molar-refractivity contribution in [2.24, 2.45) is 11.7 Å². The molecule has 7 heteroatoms. The first-order chi connectivity index (χ1) is 14.9. The predicted octanol–water partition coefficient (Wildman–Crippen LogP) is 3.63. The molecule has 3 N–H and O–H groups in total. The van der Waals surface area contributed by atoms with Gasteiger partial charge in [0, 0.05) is 35.3 Å². The average molecular weight is 420 g/mol. The molecule has 1 fully saturated rings. The van der Waals surface area contributed by atoms with Crippen LogP contribution in [0.15, 0.2) is 48.5 Å². The van der Waals surface area contributed by atoms with Crippen LogP contribution in [0.4, 0.5) is 10.1 Å². The Morgan fingerprint density at radius 1 is 1.16 bits per heavy atom. The van der Waals surface area contributed by atoms with Crippen LogP contribution >= 0.6 is 0 Å². The first-order valence-corrected chi connectivity index (χ1v) is 10.4. The smallest absolute Gasteiger partial charge is 0.256 e. The number of piperidine rings is 1. The molecule has 6 nitrogen and oxygen atoms in total. The summed E-state index contributed by atoms with van der Waals surface area (Å²) in [6.07, 6.45) is 1.56. The molecule has 2 heterocycles. The van der Waals surface area contributed by atoms with Crippen LogP contribution in [0.3, 0.4) is 0 Å². The summed E-state index contributed by atoms with van der Waals surface area (Å²) >= 11 is 0. The highest BCUT2D eigenvalue weighted by Gasteiger charge is 2.23. The van der Waals surface area contributed by atoms with E-state index in [0.717, 1.165) is 38.0 Å². The molecule has 0 spiro atoms. The molecule has 0 aliphatic carbocycles. The third-order valence-corrected chi connectivity index (χ3v) is 5.73. The zero-order valence-electron chi connectivity index (χ0n) is 17.4. The summed E-state index contributed by atoms with van der Waals surface area (Å²) in [5.41, 5.74) is 8.75. The number of benzene rings is 2. The van der Waals surface area contributed by atoms with Gasteiger partial charge < -0.3 is 11.1 Å². The second kappa shape index (κ2) is 8.81. The number of carbonyl (C=O) groups excluding carboxylic acids is 2. The minimum atomic E-state index is -0.385. The van der Waals surface area contributed by atoms with E-state index in [2.05, 4.69) is 15.2 Å². The Morgan fingerprint density at radius 2 is 1.94 bits per heavy atom. The standard InChI is InChI=1S/C24H25FN4O2/c1-15-11-21(20-6-5-18(25)13-22(20)27-15)24(31)28-19-4-2-3-16(12-19)14-29-9-7-17(8-10-29)23(26)30/h2-6,11-13,17H,7-10,14H2,1H3,(H2,26,30)(H,28,31). The Labute approximate surface area is 180 Å². The van der Waals surface area contributed by atoms with Gasteiger partial charge in [-0.3, -0.25) is 19.5 Å². The lowest BCUT2D eigenvalue weighted by molar-refractivity contribution is -0.123. The van der Waals surface area contributed by atoms with Gasteiger partial charge >= 0.3 is 0 Å². The van der Waals surface area contributed by atoms with Crippen molar-refractivity contribution in [3.05, 3.63) is 71.2 Å². The molecule has 0 unspecified atom stereocenters. The number of pyridine rings is 1. The molecule has 0 saturated carbocycles. The maximum atomic E-state index is 13.6. The highest BCUT2D eigenvalue weighted by molar-refractivity contribution is 6.12. The fourth-order valence-electron chi connectivity index (χ4n) is 4.10. The summed E-state index contributed by atoms with van der Waals surface area (Å²) in [5, 5.41) is 3.56. The van der Waals surface area contributed by atoms with Crippen LogP contribution in [0.5, 0.6) is 0 Å². The van der Waals surface area contributed by atoms with Crippen molar-refractivity contribution in [3.8, 4) is 0 Å². The molecule has 31 heavy (non-hydrogen) atoms. The van der Waals surface area contributed by atoms with Gasteiger partial charge in [0.15, 0.2) is 0 Å². The molecule has 1 aliphatic heterocycles. The number of fused-ring (bicyclic) bond motifs is 1. The van der Waals surface area contributed by atoms with E-state index in [1.54, 1.807) is 19.1 Å². The van der Waals surface area contributed by atoms with Crippen molar-refractivity contribution in [2.75, 3.05) is 18.4 Å². The summed E-state index contributed by atoms with van der Waals surface area (Å²) in [6.45, 7) is 4.17. The quantitative estimate of drug-likeness (QED) is 0.660. The van der Waals surface area contributed by atoms with E-state index in [1.807, 2.05) is 24.3 Å². The van der Waals surface area contributed by atoms with E-state index >= 15 is 0 Å². The summed E-state index contributed by atoms with van der Waals surface area (Å²) in [4.78, 5) is 30.9. The van der Waals surface area contributed by atoms with Crippen molar-refractivity contribution in [1.82, 2.24) is 9.88 Å². The number of amides is 2. The Balaban J connectivity index is 1.48. The van der Waals surface area contributed by atoms with Crippen LogP contribution in [0, 0.1) is 18.7 Å². The lowest BCUT2D eigenvalue weighted by atomic mass is 9.96. The topological polar surface area (TPSA) is 88.3 Å². The number of halogens is 1. The van der Waals surface area contributed by atoms with E-state index in [-0.39, 0.29) is 23.5 Å². The number of hydrogen-bond acceptors (Lipinski definition) is 4. The van der Waals surface area contributed by atoms with Crippen LogP contribution in [0.1, 0.15) is 34.5 Å². The zero-order valence-corrected chi connectivity index (χ0v) is 17.4. The number of nitrogens with zero attached hydrogens (tertiary/aromatic N) is 2. The van der Waals surface area contributed by atoms with Gasteiger partial charge in [-0.15, -0.1) is 0 Å². The third kappa shape index (κ3) is 4.88. The number of aromatic nitrogens is 1. The van der Waals surface area contributed by atoms with Gasteiger partial charge in [-0.1, -0.05) is 12.1 Å². The molecule has 0 radical (unpaired) electrons. The predicted molar refractivity (Wildman–Crippen MR) is 118 cm³/mol. The number of nitrogens with two attached hydrogens (primary N) is 1. The number of rotatable bonds is 5. The Bertz CT molecular complexity index is 1130. The molecule has 1 saturated heterocycles. The monoisotopic (exact) mass is 420 g/mol. The molecule has 0 bridgehead atoms. The van der Waals surface area contributed by atoms with Gasteiger partial charge in [0.05, 0.1) is 11.1 Å². The molecule has 2 amide bonds. The van der Waals surface area contributed by atoms with Gasteiger partial charge in [0.25, 0.3) is 5.91 Å². The Morgan fingerprint density at radius 3 is 2.68 bits per heavy atom. The van der Waals surface area contributed by atoms with Crippen LogP contribution < -0.4 is 11.1 Å². The molecule has 4 rings (SSSR count). The van der Waals surface area contributed by atoms with Crippen molar-refractivity contribution in [2.45, 2.75) is 26.3 Å². The largest absolute Gasteiger partial charge is 0.369 e. The second-order valence-corrected chi connectivity index (χ2v) is 8.08. The number of aryl methyl sites for hydroxylation is 1. The molecular formula is C24H25FN4O2. The molecular weight excluding hydrogens is 395 g/mol. The number of likely N-dealkylation sites (tertiary alicyclic amines) is 1. The Kier molecular flexibility index (Phi) is 5.95. The number of carbonyl (C=O) groups is 2. The SMILES string of the molecule is Cc1cc(C(=O)Nc2cccc(CN3CCC(C(N)=O)CC3)c2)c2ccc(F)cc2n1. The first-order valence-electron chi connectivity index (χ1n) is 10.4.